The first-order valence-corrected chi connectivity index (χ1v) is 7.74. The average Bonchev–Trinajstić information content (AvgIpc) is 2.49. The van der Waals surface area contributed by atoms with E-state index in [4.69, 9.17) is 4.74 Å². The second-order valence-electron chi connectivity index (χ2n) is 4.28. The summed E-state index contributed by atoms with van der Waals surface area (Å²) < 4.78 is 6.25. The predicted octanol–water partition coefficient (Wildman–Crippen LogP) is 3.79. The topological polar surface area (TPSA) is 69.4 Å². The van der Waals surface area contributed by atoms with Crippen molar-refractivity contribution in [3.63, 3.8) is 0 Å². The van der Waals surface area contributed by atoms with E-state index >= 15 is 0 Å². The molecule has 0 heterocycles. The standard InChI is InChI=1S/C15H12INO4/c16-10-9-11-1-7-14(8-2-11)21-15(18)12-3-5-13(6-4-12)17(19)20/h1-8H,9-10H2. The van der Waals surface area contributed by atoms with Crippen molar-refractivity contribution in [2.75, 3.05) is 4.43 Å². The van der Waals surface area contributed by atoms with Crippen LogP contribution in [0.3, 0.4) is 0 Å². The minimum absolute atomic E-state index is 0.0605. The number of aryl methyl sites for hydroxylation is 1. The number of benzene rings is 2. The van der Waals surface area contributed by atoms with Crippen molar-refractivity contribution in [1.82, 2.24) is 0 Å². The fraction of sp³-hybridized carbons (Fsp3) is 0.133. The number of carbonyl (C=O) groups is 1. The molecule has 2 rings (SSSR count). The molecule has 0 aliphatic rings. The molecule has 0 atom stereocenters. The van der Waals surface area contributed by atoms with Crippen molar-refractivity contribution >= 4 is 34.2 Å². The number of nitrogens with zero attached hydrogens (tertiary/aromatic N) is 1. The maximum atomic E-state index is 11.9. The third kappa shape index (κ3) is 4.25. The van der Waals surface area contributed by atoms with Gasteiger partial charge >= 0.3 is 5.97 Å². The molecule has 0 bridgehead atoms. The normalized spacial score (nSPS) is 10.1. The number of non-ortho nitro benzene ring substituents is 1. The second kappa shape index (κ2) is 7.16. The first-order valence-electron chi connectivity index (χ1n) is 6.21. The van der Waals surface area contributed by atoms with E-state index in [-0.39, 0.29) is 11.3 Å². The number of hydrogen-bond acceptors (Lipinski definition) is 4. The Hall–Kier alpha value is -1.96. The van der Waals surface area contributed by atoms with Crippen molar-refractivity contribution in [2.45, 2.75) is 6.42 Å². The lowest BCUT2D eigenvalue weighted by Crippen LogP contribution is -2.08. The van der Waals surface area contributed by atoms with Crippen LogP contribution in [0.25, 0.3) is 0 Å². The molecule has 2 aromatic rings. The van der Waals surface area contributed by atoms with E-state index in [1.807, 2.05) is 12.1 Å². The molecule has 21 heavy (non-hydrogen) atoms. The Morgan fingerprint density at radius 3 is 2.24 bits per heavy atom. The SMILES string of the molecule is O=C(Oc1ccc(CCI)cc1)c1ccc([N+](=O)[O-])cc1. The van der Waals surface area contributed by atoms with Crippen molar-refractivity contribution in [2.24, 2.45) is 0 Å². The molecule has 0 aliphatic heterocycles. The fourth-order valence-corrected chi connectivity index (χ4v) is 2.34. The van der Waals surface area contributed by atoms with E-state index in [0.29, 0.717) is 5.75 Å². The first kappa shape index (κ1) is 15.4. The van der Waals surface area contributed by atoms with Crippen LogP contribution in [-0.4, -0.2) is 15.3 Å². The second-order valence-corrected chi connectivity index (χ2v) is 5.36. The van der Waals surface area contributed by atoms with Gasteiger partial charge in [-0.05, 0) is 36.2 Å². The number of nitro groups is 1. The van der Waals surface area contributed by atoms with E-state index in [0.717, 1.165) is 10.8 Å². The van der Waals surface area contributed by atoms with Gasteiger partial charge in [-0.25, -0.2) is 4.79 Å². The largest absolute Gasteiger partial charge is 0.423 e. The molecule has 0 saturated carbocycles. The van der Waals surface area contributed by atoms with E-state index in [2.05, 4.69) is 22.6 Å². The molecule has 2 aromatic carbocycles. The highest BCUT2D eigenvalue weighted by Crippen LogP contribution is 2.17. The first-order chi connectivity index (χ1) is 10.1. The highest BCUT2D eigenvalue weighted by Gasteiger charge is 2.11. The molecule has 6 heteroatoms. The minimum Gasteiger partial charge on any atom is -0.423 e. The van der Waals surface area contributed by atoms with Crippen LogP contribution in [0.5, 0.6) is 5.75 Å². The molecule has 0 unspecified atom stereocenters. The summed E-state index contributed by atoms with van der Waals surface area (Å²) in [4.78, 5) is 21.9. The van der Waals surface area contributed by atoms with Crippen molar-refractivity contribution in [3.8, 4) is 5.75 Å². The maximum Gasteiger partial charge on any atom is 0.343 e. The van der Waals surface area contributed by atoms with Crippen LogP contribution in [-0.2, 0) is 6.42 Å². The van der Waals surface area contributed by atoms with Crippen LogP contribution < -0.4 is 4.74 Å². The van der Waals surface area contributed by atoms with Crippen LogP contribution in [0.4, 0.5) is 5.69 Å². The van der Waals surface area contributed by atoms with Crippen LogP contribution >= 0.6 is 22.6 Å². The van der Waals surface area contributed by atoms with Gasteiger partial charge < -0.3 is 4.74 Å². The molecule has 0 aromatic heterocycles. The number of ether oxygens (including phenoxy) is 1. The monoisotopic (exact) mass is 397 g/mol. The Kier molecular flexibility index (Phi) is 5.26. The molecular weight excluding hydrogens is 385 g/mol. The lowest BCUT2D eigenvalue weighted by atomic mass is 10.2. The maximum absolute atomic E-state index is 11.9. The molecule has 5 nitrogen and oxygen atoms in total. The van der Waals surface area contributed by atoms with Gasteiger partial charge in [0.05, 0.1) is 10.5 Å². The van der Waals surface area contributed by atoms with Crippen molar-refractivity contribution in [1.29, 1.82) is 0 Å². The predicted molar refractivity (Wildman–Crippen MR) is 87.1 cm³/mol. The Bertz CT molecular complexity index is 638. The third-order valence-electron chi connectivity index (χ3n) is 2.83. The van der Waals surface area contributed by atoms with Gasteiger partial charge in [-0.15, -0.1) is 0 Å². The van der Waals surface area contributed by atoms with Gasteiger partial charge in [0.15, 0.2) is 0 Å². The lowest BCUT2D eigenvalue weighted by Gasteiger charge is -2.05. The van der Waals surface area contributed by atoms with Gasteiger partial charge in [-0.1, -0.05) is 34.7 Å². The molecule has 0 spiro atoms. The Morgan fingerprint density at radius 1 is 1.10 bits per heavy atom. The van der Waals surface area contributed by atoms with Gasteiger partial charge in [0, 0.05) is 16.6 Å². The zero-order chi connectivity index (χ0) is 15.2. The molecule has 108 valence electrons. The number of carbonyl (C=O) groups excluding carboxylic acids is 1. The Morgan fingerprint density at radius 2 is 1.71 bits per heavy atom. The van der Waals surface area contributed by atoms with Crippen molar-refractivity contribution in [3.05, 3.63) is 69.8 Å². The smallest absolute Gasteiger partial charge is 0.343 e. The highest BCUT2D eigenvalue weighted by atomic mass is 127. The van der Waals surface area contributed by atoms with E-state index in [1.165, 1.54) is 29.8 Å². The number of rotatable bonds is 5. The average molecular weight is 397 g/mol. The van der Waals surface area contributed by atoms with Gasteiger partial charge in [0.2, 0.25) is 0 Å². The fourth-order valence-electron chi connectivity index (χ4n) is 1.72. The van der Waals surface area contributed by atoms with Crippen molar-refractivity contribution < 1.29 is 14.5 Å². The highest BCUT2D eigenvalue weighted by molar-refractivity contribution is 14.1. The number of esters is 1. The lowest BCUT2D eigenvalue weighted by molar-refractivity contribution is -0.384. The number of halogens is 1. The Labute approximate surface area is 135 Å². The van der Waals surface area contributed by atoms with Gasteiger partial charge in [0.25, 0.3) is 5.69 Å². The molecule has 0 saturated heterocycles. The van der Waals surface area contributed by atoms with Gasteiger partial charge in [-0.3, -0.25) is 10.1 Å². The number of alkyl halides is 1. The van der Waals surface area contributed by atoms with Crippen LogP contribution in [0, 0.1) is 10.1 Å². The van der Waals surface area contributed by atoms with E-state index < -0.39 is 10.9 Å². The van der Waals surface area contributed by atoms with E-state index in [1.54, 1.807) is 12.1 Å². The summed E-state index contributed by atoms with van der Waals surface area (Å²) in [7, 11) is 0. The number of nitro benzene ring substituents is 1. The summed E-state index contributed by atoms with van der Waals surface area (Å²) in [6, 6.07) is 12.6. The summed E-state index contributed by atoms with van der Waals surface area (Å²) in [6.07, 6.45) is 0.969. The van der Waals surface area contributed by atoms with E-state index in [9.17, 15) is 14.9 Å². The molecular formula is C15H12INO4. The molecule has 0 amide bonds. The number of hydrogen-bond donors (Lipinski definition) is 0. The summed E-state index contributed by atoms with van der Waals surface area (Å²) in [6.45, 7) is 0. The van der Waals surface area contributed by atoms with Gasteiger partial charge in [-0.2, -0.15) is 0 Å². The summed E-state index contributed by atoms with van der Waals surface area (Å²) >= 11 is 2.30. The van der Waals surface area contributed by atoms with Crippen LogP contribution in [0.15, 0.2) is 48.5 Å². The zero-order valence-electron chi connectivity index (χ0n) is 11.0. The summed E-state index contributed by atoms with van der Waals surface area (Å²) in [5.41, 5.74) is 1.39. The molecule has 0 aliphatic carbocycles. The minimum atomic E-state index is -0.536. The summed E-state index contributed by atoms with van der Waals surface area (Å²) in [5, 5.41) is 10.5. The molecule has 0 radical (unpaired) electrons. The molecule has 0 N–H and O–H groups in total. The van der Waals surface area contributed by atoms with Crippen LogP contribution in [0.1, 0.15) is 15.9 Å². The zero-order valence-corrected chi connectivity index (χ0v) is 13.1. The van der Waals surface area contributed by atoms with Gasteiger partial charge in [0.1, 0.15) is 5.75 Å². The quantitative estimate of drug-likeness (QED) is 0.192. The molecule has 0 fully saturated rings. The Balaban J connectivity index is 2.05. The van der Waals surface area contributed by atoms with Crippen LogP contribution in [0.2, 0.25) is 0 Å². The summed E-state index contributed by atoms with van der Waals surface area (Å²) in [5.74, 6) is -0.0814. The third-order valence-corrected chi connectivity index (χ3v) is 3.37.